The summed E-state index contributed by atoms with van der Waals surface area (Å²) in [6.45, 7) is 9.05. The van der Waals surface area contributed by atoms with Crippen molar-refractivity contribution in [1.29, 1.82) is 0 Å². The predicted molar refractivity (Wildman–Crippen MR) is 66.0 cm³/mol. The molecule has 0 aliphatic rings. The van der Waals surface area contributed by atoms with Crippen LogP contribution in [0.5, 0.6) is 0 Å². The summed E-state index contributed by atoms with van der Waals surface area (Å²) in [5.41, 5.74) is 5.97. The minimum atomic E-state index is 0.222. The molecule has 1 unspecified atom stereocenters. The normalized spacial score (nSPS) is 15.2. The number of nitrogens with one attached hydrogen (secondary N) is 1. The maximum Gasteiger partial charge on any atom is 0.0897 e. The molecule has 0 radical (unpaired) electrons. The van der Waals surface area contributed by atoms with Crippen molar-refractivity contribution in [1.82, 2.24) is 10.3 Å². The molecule has 15 heavy (non-hydrogen) atoms. The fraction of sp³-hybridized carbons (Fsp3) is 0.727. The number of rotatable bonds is 6. The Balaban J connectivity index is 2.32. The van der Waals surface area contributed by atoms with E-state index in [-0.39, 0.29) is 5.41 Å². The second kappa shape index (κ2) is 5.58. The molecule has 0 aliphatic heterocycles. The zero-order valence-electron chi connectivity index (χ0n) is 9.84. The number of hydrogen-bond donors (Lipinski definition) is 2. The Hall–Kier alpha value is -0.450. The zero-order valence-corrected chi connectivity index (χ0v) is 10.7. The van der Waals surface area contributed by atoms with E-state index in [0.717, 1.165) is 31.1 Å². The topological polar surface area (TPSA) is 50.9 Å². The first kappa shape index (κ1) is 12.6. The standard InChI is InChI=1S/C11H21N3S/c1-4-11(3,7-12)8-13-5-10-6-14-9(2)15-10/h6,13H,4-5,7-8,12H2,1-3H3. The van der Waals surface area contributed by atoms with Gasteiger partial charge in [0.1, 0.15) is 0 Å². The van der Waals surface area contributed by atoms with Crippen LogP contribution in [0.1, 0.15) is 30.2 Å². The highest BCUT2D eigenvalue weighted by atomic mass is 32.1. The molecule has 1 aromatic rings. The predicted octanol–water partition coefficient (Wildman–Crippen LogP) is 1.92. The Bertz CT molecular complexity index is 292. The van der Waals surface area contributed by atoms with Gasteiger partial charge in [-0.1, -0.05) is 13.8 Å². The second-order valence-electron chi connectivity index (χ2n) is 4.32. The van der Waals surface area contributed by atoms with E-state index >= 15 is 0 Å². The van der Waals surface area contributed by atoms with Crippen LogP contribution < -0.4 is 11.1 Å². The van der Waals surface area contributed by atoms with Crippen LogP contribution in [0.15, 0.2) is 6.20 Å². The molecule has 1 atom stereocenters. The first-order valence-corrected chi connectivity index (χ1v) is 6.23. The molecule has 0 bridgehead atoms. The molecular formula is C11H21N3S. The lowest BCUT2D eigenvalue weighted by molar-refractivity contribution is 0.303. The van der Waals surface area contributed by atoms with E-state index in [1.54, 1.807) is 11.3 Å². The van der Waals surface area contributed by atoms with Gasteiger partial charge in [-0.15, -0.1) is 11.3 Å². The molecule has 0 aromatic carbocycles. The SMILES string of the molecule is CCC(C)(CN)CNCc1cnc(C)s1. The molecule has 4 heteroatoms. The van der Waals surface area contributed by atoms with Gasteiger partial charge < -0.3 is 11.1 Å². The molecule has 1 rings (SSSR count). The Morgan fingerprint density at radius 1 is 1.60 bits per heavy atom. The molecule has 0 saturated carbocycles. The van der Waals surface area contributed by atoms with E-state index in [4.69, 9.17) is 5.73 Å². The summed E-state index contributed by atoms with van der Waals surface area (Å²) < 4.78 is 0. The van der Waals surface area contributed by atoms with Gasteiger partial charge in [0.05, 0.1) is 5.01 Å². The van der Waals surface area contributed by atoms with Crippen molar-refractivity contribution in [3.63, 3.8) is 0 Å². The second-order valence-corrected chi connectivity index (χ2v) is 5.64. The van der Waals surface area contributed by atoms with Crippen LogP contribution in [-0.4, -0.2) is 18.1 Å². The van der Waals surface area contributed by atoms with Crippen molar-refractivity contribution in [3.8, 4) is 0 Å². The fourth-order valence-corrected chi connectivity index (χ4v) is 2.08. The van der Waals surface area contributed by atoms with Crippen LogP contribution in [0.4, 0.5) is 0 Å². The molecule has 3 nitrogen and oxygen atoms in total. The minimum Gasteiger partial charge on any atom is -0.330 e. The van der Waals surface area contributed by atoms with Gasteiger partial charge in [-0.2, -0.15) is 0 Å². The molecule has 1 aromatic heterocycles. The Morgan fingerprint density at radius 3 is 2.80 bits per heavy atom. The maximum atomic E-state index is 5.75. The van der Waals surface area contributed by atoms with E-state index in [2.05, 4.69) is 24.1 Å². The minimum absolute atomic E-state index is 0.222. The summed E-state index contributed by atoms with van der Waals surface area (Å²) in [7, 11) is 0. The average molecular weight is 227 g/mol. The third kappa shape index (κ3) is 3.89. The molecule has 0 amide bonds. The largest absolute Gasteiger partial charge is 0.330 e. The maximum absolute atomic E-state index is 5.75. The van der Waals surface area contributed by atoms with E-state index < -0.39 is 0 Å². The van der Waals surface area contributed by atoms with Gasteiger partial charge in [0.25, 0.3) is 0 Å². The van der Waals surface area contributed by atoms with Gasteiger partial charge in [-0.3, -0.25) is 0 Å². The monoisotopic (exact) mass is 227 g/mol. The molecule has 1 heterocycles. The lowest BCUT2D eigenvalue weighted by atomic mass is 9.88. The molecule has 0 spiro atoms. The summed E-state index contributed by atoms with van der Waals surface area (Å²) in [6, 6.07) is 0. The number of aryl methyl sites for hydroxylation is 1. The quantitative estimate of drug-likeness (QED) is 0.780. The lowest BCUT2D eigenvalue weighted by Gasteiger charge is -2.26. The van der Waals surface area contributed by atoms with Gasteiger partial charge in [-0.05, 0) is 25.3 Å². The summed E-state index contributed by atoms with van der Waals surface area (Å²) in [6.07, 6.45) is 3.05. The number of aromatic nitrogens is 1. The van der Waals surface area contributed by atoms with Crippen LogP contribution in [0, 0.1) is 12.3 Å². The molecular weight excluding hydrogens is 206 g/mol. The number of nitrogens with two attached hydrogens (primary N) is 1. The first-order valence-electron chi connectivity index (χ1n) is 5.42. The highest BCUT2D eigenvalue weighted by Crippen LogP contribution is 2.18. The highest BCUT2D eigenvalue weighted by Gasteiger charge is 2.19. The van der Waals surface area contributed by atoms with E-state index in [0.29, 0.717) is 0 Å². The van der Waals surface area contributed by atoms with E-state index in [1.807, 2.05) is 13.1 Å². The van der Waals surface area contributed by atoms with Crippen molar-refractivity contribution in [2.75, 3.05) is 13.1 Å². The first-order chi connectivity index (χ1) is 7.09. The summed E-state index contributed by atoms with van der Waals surface area (Å²) in [5, 5.41) is 4.58. The van der Waals surface area contributed by atoms with Gasteiger partial charge in [0, 0.05) is 24.2 Å². The third-order valence-electron chi connectivity index (χ3n) is 2.87. The van der Waals surface area contributed by atoms with Gasteiger partial charge in [-0.25, -0.2) is 4.98 Å². The van der Waals surface area contributed by atoms with Crippen LogP contribution in [0.2, 0.25) is 0 Å². The number of hydrogen-bond acceptors (Lipinski definition) is 4. The zero-order chi connectivity index (χ0) is 11.3. The van der Waals surface area contributed by atoms with Gasteiger partial charge in [0.2, 0.25) is 0 Å². The lowest BCUT2D eigenvalue weighted by Crippen LogP contribution is -2.37. The van der Waals surface area contributed by atoms with E-state index in [1.165, 1.54) is 4.88 Å². The van der Waals surface area contributed by atoms with Crippen molar-refractivity contribution in [2.45, 2.75) is 33.7 Å². The average Bonchev–Trinajstić information content (AvgIpc) is 2.64. The summed E-state index contributed by atoms with van der Waals surface area (Å²) in [4.78, 5) is 5.52. The van der Waals surface area contributed by atoms with Crippen molar-refractivity contribution < 1.29 is 0 Å². The van der Waals surface area contributed by atoms with Gasteiger partial charge >= 0.3 is 0 Å². The molecule has 0 saturated heterocycles. The van der Waals surface area contributed by atoms with Crippen LogP contribution >= 0.6 is 11.3 Å². The summed E-state index contributed by atoms with van der Waals surface area (Å²) in [5.74, 6) is 0. The Morgan fingerprint density at radius 2 is 2.33 bits per heavy atom. The van der Waals surface area contributed by atoms with E-state index in [9.17, 15) is 0 Å². The van der Waals surface area contributed by atoms with Crippen molar-refractivity contribution in [2.24, 2.45) is 11.1 Å². The van der Waals surface area contributed by atoms with Crippen LogP contribution in [-0.2, 0) is 6.54 Å². The van der Waals surface area contributed by atoms with Gasteiger partial charge in [0.15, 0.2) is 0 Å². The number of thiazole rings is 1. The number of nitrogens with zero attached hydrogens (tertiary/aromatic N) is 1. The fourth-order valence-electron chi connectivity index (χ4n) is 1.32. The highest BCUT2D eigenvalue weighted by molar-refractivity contribution is 7.11. The molecule has 0 aliphatic carbocycles. The van der Waals surface area contributed by atoms with Crippen molar-refractivity contribution >= 4 is 11.3 Å². The Kier molecular flexibility index (Phi) is 4.70. The van der Waals surface area contributed by atoms with Crippen LogP contribution in [0.3, 0.4) is 0 Å². The Labute approximate surface area is 96.1 Å². The summed E-state index contributed by atoms with van der Waals surface area (Å²) >= 11 is 1.75. The van der Waals surface area contributed by atoms with Crippen LogP contribution in [0.25, 0.3) is 0 Å². The third-order valence-corrected chi connectivity index (χ3v) is 3.78. The molecule has 3 N–H and O–H groups in total. The molecule has 86 valence electrons. The van der Waals surface area contributed by atoms with Crippen molar-refractivity contribution in [3.05, 3.63) is 16.1 Å². The smallest absolute Gasteiger partial charge is 0.0897 e. The molecule has 0 fully saturated rings.